The molecule has 2 rings (SSSR count). The molecule has 0 spiro atoms. The van der Waals surface area contributed by atoms with Crippen LogP contribution in [0.3, 0.4) is 0 Å². The Hall–Kier alpha value is -2.74. The summed E-state index contributed by atoms with van der Waals surface area (Å²) in [6, 6.07) is 12.9. The van der Waals surface area contributed by atoms with Crippen LogP contribution < -0.4 is 5.32 Å². The molecule has 0 fully saturated rings. The number of carbonyl (C=O) groups is 2. The number of para-hydroxylation sites is 2. The SMILES string of the molecule is O=C(COC(=O)Cc1ccccc1[N+](=O)[O-])Nc1ccccc1Br. The van der Waals surface area contributed by atoms with Gasteiger partial charge in [0.2, 0.25) is 0 Å². The number of benzene rings is 2. The summed E-state index contributed by atoms with van der Waals surface area (Å²) in [6.07, 6.45) is -0.278. The molecular weight excluding hydrogens is 380 g/mol. The van der Waals surface area contributed by atoms with Crippen molar-refractivity contribution < 1.29 is 19.2 Å². The maximum atomic E-state index is 11.8. The van der Waals surface area contributed by atoms with Crippen LogP contribution in [0.1, 0.15) is 5.56 Å². The minimum Gasteiger partial charge on any atom is -0.455 e. The molecule has 0 saturated carbocycles. The van der Waals surface area contributed by atoms with E-state index in [1.54, 1.807) is 30.3 Å². The molecule has 24 heavy (non-hydrogen) atoms. The standard InChI is InChI=1S/C16H13BrN2O5/c17-12-6-2-3-7-13(12)18-15(20)10-24-16(21)9-11-5-1-4-8-14(11)19(22)23/h1-8H,9-10H2,(H,18,20). The summed E-state index contributed by atoms with van der Waals surface area (Å²) < 4.78 is 5.56. The van der Waals surface area contributed by atoms with Gasteiger partial charge >= 0.3 is 5.97 Å². The van der Waals surface area contributed by atoms with Crippen molar-refractivity contribution in [3.05, 3.63) is 68.7 Å². The number of esters is 1. The third-order valence-electron chi connectivity index (χ3n) is 3.04. The van der Waals surface area contributed by atoms with Gasteiger partial charge in [-0.3, -0.25) is 19.7 Å². The average Bonchev–Trinajstić information content (AvgIpc) is 2.55. The molecule has 0 radical (unpaired) electrons. The Labute approximate surface area is 145 Å². The Bertz CT molecular complexity index is 779. The second-order valence-corrected chi connectivity index (χ2v) is 5.61. The maximum absolute atomic E-state index is 11.8. The summed E-state index contributed by atoms with van der Waals surface area (Å²) in [7, 11) is 0. The van der Waals surface area contributed by atoms with Gasteiger partial charge in [-0.1, -0.05) is 30.3 Å². The largest absolute Gasteiger partial charge is 0.455 e. The van der Waals surface area contributed by atoms with Gasteiger partial charge in [-0.15, -0.1) is 0 Å². The van der Waals surface area contributed by atoms with Gasteiger partial charge in [0.05, 0.1) is 17.0 Å². The van der Waals surface area contributed by atoms with Crippen LogP contribution in [0, 0.1) is 10.1 Å². The quantitative estimate of drug-likeness (QED) is 0.462. The van der Waals surface area contributed by atoms with E-state index in [2.05, 4.69) is 21.2 Å². The van der Waals surface area contributed by atoms with Crippen molar-refractivity contribution in [2.45, 2.75) is 6.42 Å². The topological polar surface area (TPSA) is 98.5 Å². The van der Waals surface area contributed by atoms with Gasteiger partial charge in [-0.05, 0) is 28.1 Å². The number of halogens is 1. The van der Waals surface area contributed by atoms with Gasteiger partial charge in [0.1, 0.15) is 0 Å². The number of nitro benzene ring substituents is 1. The molecule has 0 aliphatic carbocycles. The average molecular weight is 393 g/mol. The summed E-state index contributed by atoms with van der Waals surface area (Å²) >= 11 is 3.28. The molecule has 8 heteroatoms. The third-order valence-corrected chi connectivity index (χ3v) is 3.73. The highest BCUT2D eigenvalue weighted by molar-refractivity contribution is 9.10. The van der Waals surface area contributed by atoms with Crippen LogP contribution in [-0.4, -0.2) is 23.4 Å². The number of anilines is 1. The minimum atomic E-state index is -0.716. The summed E-state index contributed by atoms with van der Waals surface area (Å²) in [5, 5.41) is 13.5. The second-order valence-electron chi connectivity index (χ2n) is 4.75. The zero-order chi connectivity index (χ0) is 17.5. The normalized spacial score (nSPS) is 10.0. The van der Waals surface area contributed by atoms with E-state index in [-0.39, 0.29) is 17.7 Å². The lowest BCUT2D eigenvalue weighted by Crippen LogP contribution is -2.22. The van der Waals surface area contributed by atoms with Crippen molar-refractivity contribution in [1.29, 1.82) is 0 Å². The number of rotatable bonds is 6. The fraction of sp³-hybridized carbons (Fsp3) is 0.125. The number of hydrogen-bond donors (Lipinski definition) is 1. The third kappa shape index (κ3) is 4.88. The predicted molar refractivity (Wildman–Crippen MR) is 90.5 cm³/mol. The smallest absolute Gasteiger partial charge is 0.311 e. The van der Waals surface area contributed by atoms with Crippen LogP contribution >= 0.6 is 15.9 Å². The second kappa shape index (κ2) is 8.21. The molecule has 0 saturated heterocycles. The summed E-state index contributed by atoms with van der Waals surface area (Å²) in [6.45, 7) is -0.471. The molecule has 0 aromatic heterocycles. The molecule has 1 amide bonds. The van der Waals surface area contributed by atoms with Crippen LogP contribution in [0.15, 0.2) is 53.0 Å². The number of amides is 1. The molecule has 7 nitrogen and oxygen atoms in total. The first-order valence-corrected chi connectivity index (χ1v) is 7.69. The predicted octanol–water partition coefficient (Wildman–Crippen LogP) is 3.08. The Morgan fingerprint density at radius 3 is 2.50 bits per heavy atom. The van der Waals surface area contributed by atoms with Crippen LogP contribution in [-0.2, 0) is 20.7 Å². The zero-order valence-electron chi connectivity index (χ0n) is 12.4. The van der Waals surface area contributed by atoms with E-state index in [9.17, 15) is 19.7 Å². The molecule has 0 unspecified atom stereocenters. The Kier molecular flexibility index (Phi) is 6.02. The lowest BCUT2D eigenvalue weighted by Gasteiger charge is -2.08. The van der Waals surface area contributed by atoms with Crippen LogP contribution in [0.4, 0.5) is 11.4 Å². The molecule has 0 aliphatic heterocycles. The number of carbonyl (C=O) groups excluding carboxylic acids is 2. The molecule has 0 aliphatic rings. The number of nitrogens with zero attached hydrogens (tertiary/aromatic N) is 1. The highest BCUT2D eigenvalue weighted by Crippen LogP contribution is 2.21. The van der Waals surface area contributed by atoms with Gasteiger partial charge in [-0.2, -0.15) is 0 Å². The molecule has 2 aromatic rings. The minimum absolute atomic E-state index is 0.160. The van der Waals surface area contributed by atoms with E-state index in [0.717, 1.165) is 0 Å². The van der Waals surface area contributed by atoms with E-state index in [1.807, 2.05) is 0 Å². The van der Waals surface area contributed by atoms with Crippen molar-refractivity contribution >= 4 is 39.2 Å². The van der Waals surface area contributed by atoms with Gasteiger partial charge in [0.25, 0.3) is 11.6 Å². The number of ether oxygens (including phenoxy) is 1. The molecule has 2 aromatic carbocycles. The monoisotopic (exact) mass is 392 g/mol. The highest BCUT2D eigenvalue weighted by atomic mass is 79.9. The van der Waals surface area contributed by atoms with Crippen molar-refractivity contribution in [1.82, 2.24) is 0 Å². The van der Waals surface area contributed by atoms with Crippen LogP contribution in [0.2, 0.25) is 0 Å². The summed E-state index contributed by atoms with van der Waals surface area (Å²) in [5.41, 5.74) is 0.628. The zero-order valence-corrected chi connectivity index (χ0v) is 14.0. The number of hydrogen-bond acceptors (Lipinski definition) is 5. The Morgan fingerprint density at radius 2 is 1.79 bits per heavy atom. The van der Waals surface area contributed by atoms with Gasteiger partial charge in [0.15, 0.2) is 6.61 Å². The van der Waals surface area contributed by atoms with Crippen molar-refractivity contribution in [2.24, 2.45) is 0 Å². The van der Waals surface area contributed by atoms with Crippen molar-refractivity contribution in [3.8, 4) is 0 Å². The first kappa shape index (κ1) is 17.6. The van der Waals surface area contributed by atoms with Crippen molar-refractivity contribution in [2.75, 3.05) is 11.9 Å². The van der Waals surface area contributed by atoms with Gasteiger partial charge < -0.3 is 10.1 Å². The van der Waals surface area contributed by atoms with Crippen molar-refractivity contribution in [3.63, 3.8) is 0 Å². The number of nitro groups is 1. The first-order chi connectivity index (χ1) is 11.5. The van der Waals surface area contributed by atoms with E-state index in [4.69, 9.17) is 4.74 Å². The fourth-order valence-electron chi connectivity index (χ4n) is 1.94. The fourth-order valence-corrected chi connectivity index (χ4v) is 2.32. The molecule has 0 atom stereocenters. The lowest BCUT2D eigenvalue weighted by molar-refractivity contribution is -0.385. The maximum Gasteiger partial charge on any atom is 0.311 e. The summed E-state index contributed by atoms with van der Waals surface area (Å²) in [5.74, 6) is -1.22. The lowest BCUT2D eigenvalue weighted by atomic mass is 10.1. The Balaban J connectivity index is 1.89. The van der Waals surface area contributed by atoms with Crippen LogP contribution in [0.5, 0.6) is 0 Å². The molecular formula is C16H13BrN2O5. The van der Waals surface area contributed by atoms with Crippen LogP contribution in [0.25, 0.3) is 0 Å². The van der Waals surface area contributed by atoms with E-state index >= 15 is 0 Å². The van der Waals surface area contributed by atoms with E-state index in [0.29, 0.717) is 10.2 Å². The van der Waals surface area contributed by atoms with Gasteiger partial charge in [0, 0.05) is 16.1 Å². The molecule has 0 bridgehead atoms. The molecule has 124 valence electrons. The van der Waals surface area contributed by atoms with E-state index < -0.39 is 23.4 Å². The first-order valence-electron chi connectivity index (χ1n) is 6.89. The van der Waals surface area contributed by atoms with Gasteiger partial charge in [-0.25, -0.2) is 0 Å². The molecule has 1 N–H and O–H groups in total. The number of nitrogens with one attached hydrogen (secondary N) is 1. The summed E-state index contributed by atoms with van der Waals surface area (Å²) in [4.78, 5) is 33.9. The molecule has 0 heterocycles. The Morgan fingerprint density at radius 1 is 1.12 bits per heavy atom. The van der Waals surface area contributed by atoms with E-state index in [1.165, 1.54) is 18.2 Å². The highest BCUT2D eigenvalue weighted by Gasteiger charge is 2.17.